The summed E-state index contributed by atoms with van der Waals surface area (Å²) in [4.78, 5) is 17.1. The van der Waals surface area contributed by atoms with Crippen LogP contribution in [0.25, 0.3) is 10.9 Å². The second-order valence-corrected chi connectivity index (χ2v) is 6.02. The molecule has 0 saturated heterocycles. The normalized spacial score (nSPS) is 16.0. The standard InChI is InChI=1S/C16H17ClN2O2/c1-9(8-20)18-16(21)13-7-15(10-2-3-10)19-14-5-4-11(17)6-12(13)14/h4-7,9-10,20H,2-3,8H2,1H3,(H,18,21). The van der Waals surface area contributed by atoms with Crippen LogP contribution in [-0.2, 0) is 0 Å². The van der Waals surface area contributed by atoms with Crippen molar-refractivity contribution in [3.05, 3.63) is 40.5 Å². The van der Waals surface area contributed by atoms with Gasteiger partial charge in [0.05, 0.1) is 17.7 Å². The topological polar surface area (TPSA) is 62.2 Å². The van der Waals surface area contributed by atoms with E-state index in [9.17, 15) is 4.79 Å². The van der Waals surface area contributed by atoms with Crippen LogP contribution in [0.4, 0.5) is 0 Å². The lowest BCUT2D eigenvalue weighted by molar-refractivity contribution is 0.0924. The monoisotopic (exact) mass is 304 g/mol. The van der Waals surface area contributed by atoms with Crippen LogP contribution in [0.2, 0.25) is 5.02 Å². The number of nitrogens with zero attached hydrogens (tertiary/aromatic N) is 1. The van der Waals surface area contributed by atoms with Crippen LogP contribution in [0.15, 0.2) is 24.3 Å². The lowest BCUT2D eigenvalue weighted by atomic mass is 10.0. The lowest BCUT2D eigenvalue weighted by Gasteiger charge is -2.13. The molecule has 0 bridgehead atoms. The summed E-state index contributed by atoms with van der Waals surface area (Å²) in [6.07, 6.45) is 2.25. The number of aliphatic hydroxyl groups excluding tert-OH is 1. The summed E-state index contributed by atoms with van der Waals surface area (Å²) in [6, 6.07) is 6.96. The number of pyridine rings is 1. The molecule has 2 N–H and O–H groups in total. The number of nitrogens with one attached hydrogen (secondary N) is 1. The highest BCUT2D eigenvalue weighted by molar-refractivity contribution is 6.31. The molecule has 21 heavy (non-hydrogen) atoms. The molecule has 1 aromatic heterocycles. The van der Waals surface area contributed by atoms with Crippen LogP contribution in [0.1, 0.15) is 41.7 Å². The van der Waals surface area contributed by atoms with E-state index in [1.807, 2.05) is 12.1 Å². The summed E-state index contributed by atoms with van der Waals surface area (Å²) >= 11 is 6.04. The average molecular weight is 305 g/mol. The second kappa shape index (κ2) is 5.62. The molecule has 1 unspecified atom stereocenters. The highest BCUT2D eigenvalue weighted by Gasteiger charge is 2.27. The molecule has 0 radical (unpaired) electrons. The Labute approximate surface area is 128 Å². The van der Waals surface area contributed by atoms with E-state index in [1.54, 1.807) is 19.1 Å². The third-order valence-corrected chi connectivity index (χ3v) is 3.92. The van der Waals surface area contributed by atoms with Crippen molar-refractivity contribution in [1.29, 1.82) is 0 Å². The van der Waals surface area contributed by atoms with Crippen LogP contribution in [-0.4, -0.2) is 28.6 Å². The average Bonchev–Trinajstić information content (AvgIpc) is 3.30. The Morgan fingerprint density at radius 3 is 2.90 bits per heavy atom. The number of halogens is 1. The van der Waals surface area contributed by atoms with Crippen molar-refractivity contribution in [3.63, 3.8) is 0 Å². The van der Waals surface area contributed by atoms with Gasteiger partial charge in [-0.05, 0) is 44.0 Å². The number of fused-ring (bicyclic) bond motifs is 1. The summed E-state index contributed by atoms with van der Waals surface area (Å²) in [5.41, 5.74) is 2.32. The molecule has 2 aromatic rings. The summed E-state index contributed by atoms with van der Waals surface area (Å²) < 4.78 is 0. The van der Waals surface area contributed by atoms with Gasteiger partial charge in [0.2, 0.25) is 0 Å². The van der Waals surface area contributed by atoms with E-state index in [4.69, 9.17) is 16.7 Å². The fourth-order valence-electron chi connectivity index (χ4n) is 2.34. The molecule has 1 aliphatic carbocycles. The van der Waals surface area contributed by atoms with Crippen molar-refractivity contribution in [3.8, 4) is 0 Å². The Balaban J connectivity index is 2.08. The van der Waals surface area contributed by atoms with E-state index < -0.39 is 0 Å². The van der Waals surface area contributed by atoms with E-state index in [2.05, 4.69) is 10.3 Å². The molecule has 1 fully saturated rings. The first-order valence-corrected chi connectivity index (χ1v) is 7.48. The maximum atomic E-state index is 12.4. The van der Waals surface area contributed by atoms with E-state index >= 15 is 0 Å². The molecule has 1 heterocycles. The summed E-state index contributed by atoms with van der Waals surface area (Å²) in [5, 5.41) is 13.2. The molecule has 110 valence electrons. The largest absolute Gasteiger partial charge is 0.394 e. The molecule has 1 atom stereocenters. The van der Waals surface area contributed by atoms with Gasteiger partial charge in [0, 0.05) is 28.1 Å². The maximum Gasteiger partial charge on any atom is 0.252 e. The lowest BCUT2D eigenvalue weighted by Crippen LogP contribution is -2.35. The van der Waals surface area contributed by atoms with Crippen molar-refractivity contribution >= 4 is 28.4 Å². The predicted octanol–water partition coefficient (Wildman–Crippen LogP) is 2.88. The summed E-state index contributed by atoms with van der Waals surface area (Å²) in [6.45, 7) is 1.67. The van der Waals surface area contributed by atoms with Crippen LogP contribution in [0.5, 0.6) is 0 Å². The predicted molar refractivity (Wildman–Crippen MR) is 82.7 cm³/mol. The number of hydrogen-bond acceptors (Lipinski definition) is 3. The number of hydrogen-bond donors (Lipinski definition) is 2. The highest BCUT2D eigenvalue weighted by atomic mass is 35.5. The minimum absolute atomic E-state index is 0.0923. The van der Waals surface area contributed by atoms with Gasteiger partial charge in [0.25, 0.3) is 5.91 Å². The molecule has 0 spiro atoms. The first-order chi connectivity index (χ1) is 10.1. The van der Waals surface area contributed by atoms with E-state index in [1.165, 1.54) is 0 Å². The van der Waals surface area contributed by atoms with Gasteiger partial charge >= 0.3 is 0 Å². The number of aromatic nitrogens is 1. The fraction of sp³-hybridized carbons (Fsp3) is 0.375. The number of carbonyl (C=O) groups excluding carboxylic acids is 1. The third-order valence-electron chi connectivity index (χ3n) is 3.68. The number of amides is 1. The quantitative estimate of drug-likeness (QED) is 0.913. The van der Waals surface area contributed by atoms with Crippen LogP contribution in [0.3, 0.4) is 0 Å². The van der Waals surface area contributed by atoms with E-state index in [-0.39, 0.29) is 18.6 Å². The van der Waals surface area contributed by atoms with Gasteiger partial charge in [-0.25, -0.2) is 0 Å². The van der Waals surface area contributed by atoms with Crippen LogP contribution < -0.4 is 5.32 Å². The smallest absolute Gasteiger partial charge is 0.252 e. The van der Waals surface area contributed by atoms with Gasteiger partial charge in [-0.3, -0.25) is 9.78 Å². The molecule has 1 saturated carbocycles. The maximum absolute atomic E-state index is 12.4. The van der Waals surface area contributed by atoms with Crippen molar-refractivity contribution in [2.75, 3.05) is 6.61 Å². The Morgan fingerprint density at radius 1 is 1.48 bits per heavy atom. The van der Waals surface area contributed by atoms with Gasteiger partial charge in [0.1, 0.15) is 0 Å². The molecule has 1 aromatic carbocycles. The van der Waals surface area contributed by atoms with Gasteiger partial charge < -0.3 is 10.4 Å². The molecular weight excluding hydrogens is 288 g/mol. The highest BCUT2D eigenvalue weighted by Crippen LogP contribution is 2.40. The molecule has 5 heteroatoms. The minimum atomic E-state index is -0.288. The van der Waals surface area contributed by atoms with Gasteiger partial charge in [-0.15, -0.1) is 0 Å². The number of rotatable bonds is 4. The van der Waals surface area contributed by atoms with E-state index in [0.717, 1.165) is 29.4 Å². The first kappa shape index (κ1) is 14.3. The van der Waals surface area contributed by atoms with Crippen molar-refractivity contribution in [2.45, 2.75) is 31.7 Å². The second-order valence-electron chi connectivity index (χ2n) is 5.59. The Morgan fingerprint density at radius 2 is 2.24 bits per heavy atom. The van der Waals surface area contributed by atoms with Gasteiger partial charge in [-0.1, -0.05) is 11.6 Å². The SMILES string of the molecule is CC(CO)NC(=O)c1cc(C2CC2)nc2ccc(Cl)cc12. The molecular formula is C16H17ClN2O2. The molecule has 3 rings (SSSR count). The molecule has 0 aliphatic heterocycles. The molecule has 1 aliphatic rings. The van der Waals surface area contributed by atoms with E-state index in [0.29, 0.717) is 16.5 Å². The zero-order chi connectivity index (χ0) is 15.0. The first-order valence-electron chi connectivity index (χ1n) is 7.10. The number of carbonyl (C=O) groups is 1. The summed E-state index contributed by atoms with van der Waals surface area (Å²) in [5.74, 6) is 0.264. The third kappa shape index (κ3) is 3.01. The number of aliphatic hydroxyl groups is 1. The molecule has 4 nitrogen and oxygen atoms in total. The summed E-state index contributed by atoms with van der Waals surface area (Å²) in [7, 11) is 0. The Kier molecular flexibility index (Phi) is 3.83. The van der Waals surface area contributed by atoms with Crippen molar-refractivity contribution in [2.24, 2.45) is 0 Å². The Hall–Kier alpha value is -1.65. The molecule has 1 amide bonds. The van der Waals surface area contributed by atoms with Gasteiger partial charge in [-0.2, -0.15) is 0 Å². The minimum Gasteiger partial charge on any atom is -0.394 e. The van der Waals surface area contributed by atoms with Crippen LogP contribution in [0, 0.1) is 0 Å². The number of benzene rings is 1. The van der Waals surface area contributed by atoms with Gasteiger partial charge in [0.15, 0.2) is 0 Å². The fourth-order valence-corrected chi connectivity index (χ4v) is 2.51. The van der Waals surface area contributed by atoms with Crippen molar-refractivity contribution < 1.29 is 9.90 Å². The van der Waals surface area contributed by atoms with Crippen LogP contribution >= 0.6 is 11.6 Å². The van der Waals surface area contributed by atoms with Crippen molar-refractivity contribution in [1.82, 2.24) is 10.3 Å². The zero-order valence-electron chi connectivity index (χ0n) is 11.8. The zero-order valence-corrected chi connectivity index (χ0v) is 12.5. The Bertz CT molecular complexity index is 698.